The smallest absolute Gasteiger partial charge is 0.303 e. The Hall–Kier alpha value is -0.610. The Morgan fingerprint density at radius 3 is 1.16 bits per heavy atom. The summed E-state index contributed by atoms with van der Waals surface area (Å²) in [4.78, 5) is 12.7. The van der Waals surface area contributed by atoms with Crippen LogP contribution in [-0.4, -0.2) is 42.1 Å². The van der Waals surface area contributed by atoms with Gasteiger partial charge in [-0.2, -0.15) is 0 Å². The van der Waals surface area contributed by atoms with Gasteiger partial charge in [-0.1, -0.05) is 89.9 Å². The van der Waals surface area contributed by atoms with Crippen LogP contribution in [0.1, 0.15) is 109 Å². The third-order valence-electron chi connectivity index (χ3n) is 4.75. The largest absolute Gasteiger partial charge is 0.481 e. The normalized spacial score (nSPS) is 10.8. The summed E-state index contributed by atoms with van der Waals surface area (Å²) < 4.78 is 0. The second kappa shape index (κ2) is 21.4. The Morgan fingerprint density at radius 2 is 0.880 bits per heavy atom. The summed E-state index contributed by atoms with van der Waals surface area (Å²) in [5.74, 6) is -0.653. The van der Waals surface area contributed by atoms with Crippen molar-refractivity contribution < 1.29 is 15.4 Å². The second-order valence-electron chi connectivity index (χ2n) is 7.60. The molecule has 0 rings (SSSR count). The molecule has 0 heterocycles. The van der Waals surface area contributed by atoms with Crippen LogP contribution in [0.15, 0.2) is 0 Å². The number of carboxylic acids is 1. The van der Waals surface area contributed by atoms with Gasteiger partial charge in [-0.3, -0.25) is 4.79 Å². The van der Waals surface area contributed by atoms with E-state index in [-0.39, 0.29) is 5.48 Å². The van der Waals surface area contributed by atoms with Crippen LogP contribution >= 0.6 is 0 Å². The van der Waals surface area contributed by atoms with Crippen molar-refractivity contribution in [2.24, 2.45) is 0 Å². The van der Waals surface area contributed by atoms with Crippen molar-refractivity contribution in [3.63, 3.8) is 0 Å². The molecule has 25 heavy (non-hydrogen) atoms. The molecule has 0 saturated heterocycles. The summed E-state index contributed by atoms with van der Waals surface area (Å²) in [6, 6.07) is 0. The third kappa shape index (κ3) is 25.7. The molecule has 0 amide bonds. The Balaban J connectivity index is 0. The molecule has 0 aromatic rings. The van der Waals surface area contributed by atoms with E-state index < -0.39 is 5.97 Å². The Bertz CT molecular complexity index is 270. The van der Waals surface area contributed by atoms with E-state index in [4.69, 9.17) is 5.11 Å². The van der Waals surface area contributed by atoms with E-state index in [2.05, 4.69) is 19.0 Å². The highest BCUT2D eigenvalue weighted by Gasteiger charge is 1.97. The zero-order valence-electron chi connectivity index (χ0n) is 17.0. The number of hydrogen-bond acceptors (Lipinski definition) is 2. The van der Waals surface area contributed by atoms with Crippen LogP contribution in [0, 0.1) is 0 Å². The van der Waals surface area contributed by atoms with Crippen LogP contribution in [0.4, 0.5) is 0 Å². The number of rotatable bonds is 19. The third-order valence-corrected chi connectivity index (χ3v) is 4.75. The lowest BCUT2D eigenvalue weighted by molar-refractivity contribution is -0.137. The van der Waals surface area contributed by atoms with Gasteiger partial charge in [0.15, 0.2) is 0 Å². The number of carbonyl (C=O) groups is 1. The highest BCUT2D eigenvalue weighted by molar-refractivity contribution is 5.66. The fourth-order valence-corrected chi connectivity index (χ4v) is 3.18. The van der Waals surface area contributed by atoms with Gasteiger partial charge in [0.2, 0.25) is 0 Å². The zero-order chi connectivity index (χ0) is 17.9. The minimum Gasteiger partial charge on any atom is -0.481 e. The average Bonchev–Trinajstić information content (AvgIpc) is 2.53. The Labute approximate surface area is 156 Å². The van der Waals surface area contributed by atoms with Gasteiger partial charge >= 0.3 is 5.97 Å². The molecule has 4 nitrogen and oxygen atoms in total. The molecule has 0 fully saturated rings. The van der Waals surface area contributed by atoms with Crippen LogP contribution < -0.4 is 0 Å². The fraction of sp³-hybridized carbons (Fsp3) is 0.952. The second-order valence-corrected chi connectivity index (χ2v) is 7.60. The molecule has 0 radical (unpaired) electrons. The van der Waals surface area contributed by atoms with Crippen LogP contribution in [0.5, 0.6) is 0 Å². The highest BCUT2D eigenvalue weighted by Crippen LogP contribution is 2.14. The first-order valence-electron chi connectivity index (χ1n) is 10.5. The van der Waals surface area contributed by atoms with Gasteiger partial charge < -0.3 is 15.5 Å². The molecule has 0 spiro atoms. The number of unbranched alkanes of at least 4 members (excludes halogenated alkanes) is 15. The van der Waals surface area contributed by atoms with Crippen molar-refractivity contribution in [2.75, 3.05) is 20.6 Å². The number of carboxylic acid groups (broad SMARTS) is 1. The summed E-state index contributed by atoms with van der Waals surface area (Å²) in [5.41, 5.74) is 0. The molecule has 0 aromatic carbocycles. The minimum absolute atomic E-state index is 0. The monoisotopic (exact) mass is 359 g/mol. The molecule has 3 N–H and O–H groups in total. The van der Waals surface area contributed by atoms with Gasteiger partial charge in [0.05, 0.1) is 0 Å². The molecular formula is C21H45NO3. The molecule has 0 unspecified atom stereocenters. The van der Waals surface area contributed by atoms with Gasteiger partial charge in [-0.05, 0) is 33.5 Å². The van der Waals surface area contributed by atoms with Crippen LogP contribution in [0.25, 0.3) is 0 Å². The average molecular weight is 360 g/mol. The maximum absolute atomic E-state index is 10.4. The molecule has 0 saturated carbocycles. The zero-order valence-corrected chi connectivity index (χ0v) is 17.0. The molecule has 0 aliphatic rings. The standard InChI is InChI=1S/C21H43NO2.H2O/c1-22(2)20-18-16-14-12-10-8-6-4-3-5-7-9-11-13-15-17-19-21(23)24;/h3-20H2,1-2H3,(H,23,24);1H2. The lowest BCUT2D eigenvalue weighted by atomic mass is 10.0. The number of aliphatic carboxylic acids is 1. The summed E-state index contributed by atoms with van der Waals surface area (Å²) in [6.45, 7) is 1.24. The Kier molecular flexibility index (Phi) is 22.8. The maximum atomic E-state index is 10.4. The van der Waals surface area contributed by atoms with E-state index in [9.17, 15) is 4.79 Å². The van der Waals surface area contributed by atoms with Crippen LogP contribution in [0.2, 0.25) is 0 Å². The van der Waals surface area contributed by atoms with E-state index in [0.717, 1.165) is 12.8 Å². The lowest BCUT2D eigenvalue weighted by Crippen LogP contribution is -2.12. The summed E-state index contributed by atoms with van der Waals surface area (Å²) in [5, 5.41) is 8.56. The van der Waals surface area contributed by atoms with E-state index >= 15 is 0 Å². The van der Waals surface area contributed by atoms with Crippen LogP contribution in [0.3, 0.4) is 0 Å². The van der Waals surface area contributed by atoms with E-state index in [1.54, 1.807) is 0 Å². The molecule has 0 atom stereocenters. The molecule has 0 aliphatic carbocycles. The van der Waals surface area contributed by atoms with Crippen molar-refractivity contribution in [1.29, 1.82) is 0 Å². The maximum Gasteiger partial charge on any atom is 0.303 e. The molecule has 0 bridgehead atoms. The summed E-state index contributed by atoms with van der Waals surface area (Å²) >= 11 is 0. The van der Waals surface area contributed by atoms with Gasteiger partial charge in [0.25, 0.3) is 0 Å². The predicted octanol–water partition coefficient (Wildman–Crippen LogP) is 5.44. The van der Waals surface area contributed by atoms with Gasteiger partial charge in [-0.25, -0.2) is 0 Å². The fourth-order valence-electron chi connectivity index (χ4n) is 3.18. The molecule has 152 valence electrons. The predicted molar refractivity (Wildman–Crippen MR) is 108 cm³/mol. The first-order chi connectivity index (χ1) is 11.6. The lowest BCUT2D eigenvalue weighted by Gasteiger charge is -2.08. The van der Waals surface area contributed by atoms with Crippen molar-refractivity contribution in [1.82, 2.24) is 4.90 Å². The van der Waals surface area contributed by atoms with E-state index in [0.29, 0.717) is 6.42 Å². The van der Waals surface area contributed by atoms with Crippen LogP contribution in [-0.2, 0) is 4.79 Å². The number of hydrogen-bond donors (Lipinski definition) is 1. The quantitative estimate of drug-likeness (QED) is 0.312. The van der Waals surface area contributed by atoms with Gasteiger partial charge in [-0.15, -0.1) is 0 Å². The SMILES string of the molecule is CN(C)CCCCCCCCCCCCCCCCCCC(=O)O.O. The topological polar surface area (TPSA) is 72.0 Å². The molecule has 0 aliphatic heterocycles. The summed E-state index contributed by atoms with van der Waals surface area (Å²) in [7, 11) is 4.31. The molecular weight excluding hydrogens is 314 g/mol. The molecule has 4 heteroatoms. The summed E-state index contributed by atoms with van der Waals surface area (Å²) in [6.07, 6.45) is 21.6. The highest BCUT2D eigenvalue weighted by atomic mass is 16.4. The van der Waals surface area contributed by atoms with Gasteiger partial charge in [0, 0.05) is 6.42 Å². The van der Waals surface area contributed by atoms with Crippen molar-refractivity contribution >= 4 is 5.97 Å². The van der Waals surface area contributed by atoms with Gasteiger partial charge in [0.1, 0.15) is 0 Å². The first kappa shape index (κ1) is 26.6. The first-order valence-corrected chi connectivity index (χ1v) is 10.5. The number of nitrogens with zero attached hydrogens (tertiary/aromatic N) is 1. The molecule has 0 aromatic heterocycles. The van der Waals surface area contributed by atoms with E-state index in [1.165, 1.54) is 96.4 Å². The van der Waals surface area contributed by atoms with E-state index in [1.807, 2.05) is 0 Å². The van der Waals surface area contributed by atoms with Crippen molar-refractivity contribution in [3.8, 4) is 0 Å². The van der Waals surface area contributed by atoms with Crippen molar-refractivity contribution in [3.05, 3.63) is 0 Å². The van der Waals surface area contributed by atoms with Crippen molar-refractivity contribution in [2.45, 2.75) is 109 Å². The Morgan fingerprint density at radius 1 is 0.600 bits per heavy atom. The minimum atomic E-state index is -0.653.